The van der Waals surface area contributed by atoms with E-state index in [0.717, 1.165) is 49.8 Å². The molecule has 0 unspecified atom stereocenters. The third-order valence-corrected chi connectivity index (χ3v) is 7.46. The molecule has 0 amide bonds. The fourth-order valence-electron chi connectivity index (χ4n) is 5.59. The van der Waals surface area contributed by atoms with Crippen LogP contribution in [0, 0.1) is 0 Å². The molecule has 2 radical (unpaired) electrons. The van der Waals surface area contributed by atoms with Crippen molar-refractivity contribution in [3.63, 3.8) is 0 Å². The number of aromatic amines is 2. The minimum atomic E-state index is 0. The SMILES string of the molecule is [Na].[Na].c1ccc2c(c1)-c1nc3nc(nc4[nH]c([nH]c5nc(nc-2n1)-c1ccccc1-5)c1ccccc41)-c1ccccc1-3. The van der Waals surface area contributed by atoms with Crippen molar-refractivity contribution in [1.29, 1.82) is 0 Å². The molecule has 0 fully saturated rings. The number of H-pyrrole nitrogens is 2. The van der Waals surface area contributed by atoms with E-state index < -0.39 is 0 Å². The fraction of sp³-hybridized carbons (Fsp3) is 0. The summed E-state index contributed by atoms with van der Waals surface area (Å²) in [5.74, 6) is 3.62. The van der Waals surface area contributed by atoms with E-state index in [4.69, 9.17) is 29.9 Å². The zero-order chi connectivity index (χ0) is 26.2. The first-order chi connectivity index (χ1) is 19.8. The maximum atomic E-state index is 5.02. The molecule has 9 rings (SSSR count). The predicted octanol–water partition coefficient (Wildman–Crippen LogP) is 6.01. The zero-order valence-electron chi connectivity index (χ0n) is 22.9. The Kier molecular flexibility index (Phi) is 6.78. The van der Waals surface area contributed by atoms with Crippen LogP contribution in [0.2, 0.25) is 0 Å². The van der Waals surface area contributed by atoms with Crippen LogP contribution in [0.15, 0.2) is 97.1 Å². The minimum Gasteiger partial charge on any atom is -0.325 e. The predicted molar refractivity (Wildman–Crippen MR) is 166 cm³/mol. The molecule has 5 heterocycles. The van der Waals surface area contributed by atoms with Crippen molar-refractivity contribution in [3.8, 4) is 68.3 Å². The summed E-state index contributed by atoms with van der Waals surface area (Å²) in [6.45, 7) is 0. The van der Waals surface area contributed by atoms with Crippen molar-refractivity contribution >= 4 is 81.2 Å². The Morgan fingerprint density at radius 1 is 0.357 bits per heavy atom. The number of aromatic nitrogens is 8. The van der Waals surface area contributed by atoms with Crippen LogP contribution in [-0.2, 0) is 0 Å². The van der Waals surface area contributed by atoms with Crippen LogP contribution >= 0.6 is 0 Å². The van der Waals surface area contributed by atoms with Crippen molar-refractivity contribution in [3.05, 3.63) is 97.1 Å². The van der Waals surface area contributed by atoms with Gasteiger partial charge in [0.1, 0.15) is 17.1 Å². The van der Waals surface area contributed by atoms with Gasteiger partial charge in [0.05, 0.1) is 0 Å². The number of nitrogens with one attached hydrogen (secondary N) is 2. The smallest absolute Gasteiger partial charge is 0.164 e. The van der Waals surface area contributed by atoms with E-state index in [9.17, 15) is 0 Å². The summed E-state index contributed by atoms with van der Waals surface area (Å²) in [5, 5.41) is 1.98. The molecular weight excluding hydrogens is 542 g/mol. The summed E-state index contributed by atoms with van der Waals surface area (Å²) in [4.78, 5) is 36.7. The molecule has 3 aliphatic heterocycles. The average molecular weight is 561 g/mol. The molecule has 0 saturated heterocycles. The van der Waals surface area contributed by atoms with Gasteiger partial charge in [0.2, 0.25) is 0 Å². The first-order valence-corrected chi connectivity index (χ1v) is 13.0. The van der Waals surface area contributed by atoms with Crippen molar-refractivity contribution in [2.24, 2.45) is 0 Å². The molecule has 42 heavy (non-hydrogen) atoms. The molecule has 6 aromatic rings. The van der Waals surface area contributed by atoms with Gasteiger partial charge >= 0.3 is 0 Å². The standard InChI is InChI=1S/C32H18N8.2Na/c1-2-10-18-17(9-1)25-33-26(18)38-28-21-13-5-6-14-22(21)30(35-28)40-32-24-16-8-7-15-23(24)31(36-32)39-29-20-12-4-3-11-19(20)27(34-29)37-25;;/h1-16H,(H2,33,34,35,36,37,38,39,40);;. The third kappa shape index (κ3) is 4.14. The second-order valence-corrected chi connectivity index (χ2v) is 9.79. The molecule has 0 aliphatic carbocycles. The summed E-state index contributed by atoms with van der Waals surface area (Å²) in [6.07, 6.45) is 0. The number of benzene rings is 4. The fourth-order valence-corrected chi connectivity index (χ4v) is 5.59. The number of fused-ring (bicyclic) bond motifs is 20. The zero-order valence-corrected chi connectivity index (χ0v) is 26.9. The van der Waals surface area contributed by atoms with E-state index in [0.29, 0.717) is 40.6 Å². The second-order valence-electron chi connectivity index (χ2n) is 9.79. The summed E-state index contributed by atoms with van der Waals surface area (Å²) < 4.78 is 0. The largest absolute Gasteiger partial charge is 0.325 e. The third-order valence-electron chi connectivity index (χ3n) is 7.46. The summed E-state index contributed by atoms with van der Waals surface area (Å²) in [5.41, 5.74) is 7.07. The topological polar surface area (TPSA) is 109 Å². The van der Waals surface area contributed by atoms with Gasteiger partial charge in [-0.05, 0) is 0 Å². The van der Waals surface area contributed by atoms with E-state index in [2.05, 4.69) is 22.1 Å². The van der Waals surface area contributed by atoms with E-state index >= 15 is 0 Å². The van der Waals surface area contributed by atoms with Gasteiger partial charge in [0.15, 0.2) is 29.1 Å². The van der Waals surface area contributed by atoms with Crippen molar-refractivity contribution in [2.45, 2.75) is 0 Å². The molecule has 0 saturated carbocycles. The first kappa shape index (κ1) is 27.1. The molecule has 0 spiro atoms. The number of hydrogen-bond acceptors (Lipinski definition) is 6. The molecule has 0 atom stereocenters. The van der Waals surface area contributed by atoms with Gasteiger partial charge in [-0.15, -0.1) is 0 Å². The number of hydrogen-bond donors (Lipinski definition) is 2. The molecular formula is C32H18N8Na2. The summed E-state index contributed by atoms with van der Waals surface area (Å²) in [6, 6.07) is 32.3. The average Bonchev–Trinajstić information content (AvgIpc) is 3.73. The van der Waals surface area contributed by atoms with E-state index in [-0.39, 0.29) is 59.1 Å². The Bertz CT molecular complexity index is 2100. The summed E-state index contributed by atoms with van der Waals surface area (Å²) >= 11 is 0. The Hall–Kier alpha value is -3.76. The normalized spacial score (nSPS) is 11.4. The molecule has 8 nitrogen and oxygen atoms in total. The molecule has 8 bridgehead atoms. The number of nitrogens with zero attached hydrogens (tertiary/aromatic N) is 6. The van der Waals surface area contributed by atoms with Crippen LogP contribution in [-0.4, -0.2) is 99.0 Å². The molecule has 3 aliphatic rings. The minimum absolute atomic E-state index is 0. The van der Waals surface area contributed by atoms with Gasteiger partial charge in [0, 0.05) is 103 Å². The van der Waals surface area contributed by atoms with Crippen LogP contribution < -0.4 is 0 Å². The van der Waals surface area contributed by atoms with Crippen LogP contribution in [0.4, 0.5) is 0 Å². The van der Waals surface area contributed by atoms with Crippen molar-refractivity contribution < 1.29 is 0 Å². The molecule has 188 valence electrons. The maximum Gasteiger partial charge on any atom is 0.164 e. The Morgan fingerprint density at radius 3 is 1.26 bits per heavy atom. The van der Waals surface area contributed by atoms with E-state index in [1.807, 2.05) is 84.9 Å². The number of rotatable bonds is 0. The van der Waals surface area contributed by atoms with Gasteiger partial charge < -0.3 is 9.97 Å². The molecule has 4 aromatic carbocycles. The van der Waals surface area contributed by atoms with Crippen LogP contribution in [0.3, 0.4) is 0 Å². The van der Waals surface area contributed by atoms with Crippen LogP contribution in [0.5, 0.6) is 0 Å². The monoisotopic (exact) mass is 560 g/mol. The van der Waals surface area contributed by atoms with Gasteiger partial charge in [-0.1, -0.05) is 97.1 Å². The Balaban J connectivity index is 0.00000144. The Labute approximate surface area is 284 Å². The quantitative estimate of drug-likeness (QED) is 0.220. The molecule has 2 aromatic heterocycles. The Morgan fingerprint density at radius 2 is 0.738 bits per heavy atom. The first-order valence-electron chi connectivity index (χ1n) is 13.0. The summed E-state index contributed by atoms with van der Waals surface area (Å²) in [7, 11) is 0. The van der Waals surface area contributed by atoms with Crippen molar-refractivity contribution in [1.82, 2.24) is 39.9 Å². The van der Waals surface area contributed by atoms with Gasteiger partial charge in [-0.3, -0.25) is 0 Å². The second kappa shape index (κ2) is 10.5. The van der Waals surface area contributed by atoms with Crippen LogP contribution in [0.25, 0.3) is 90.4 Å². The van der Waals surface area contributed by atoms with Gasteiger partial charge in [-0.25, -0.2) is 29.9 Å². The van der Waals surface area contributed by atoms with E-state index in [1.165, 1.54) is 0 Å². The van der Waals surface area contributed by atoms with Crippen molar-refractivity contribution in [2.75, 3.05) is 0 Å². The maximum absolute atomic E-state index is 5.02. The van der Waals surface area contributed by atoms with Gasteiger partial charge in [-0.2, -0.15) is 0 Å². The molecule has 10 heteroatoms. The molecule has 2 N–H and O–H groups in total. The van der Waals surface area contributed by atoms with E-state index in [1.54, 1.807) is 0 Å². The van der Waals surface area contributed by atoms with Crippen LogP contribution in [0.1, 0.15) is 0 Å². The van der Waals surface area contributed by atoms with Gasteiger partial charge in [0.25, 0.3) is 0 Å².